The van der Waals surface area contributed by atoms with Crippen molar-refractivity contribution in [2.75, 3.05) is 18.5 Å². The summed E-state index contributed by atoms with van der Waals surface area (Å²) in [6.07, 6.45) is 5.04. The highest BCUT2D eigenvalue weighted by Crippen LogP contribution is 2.10. The second kappa shape index (κ2) is 5.76. The van der Waals surface area contributed by atoms with Crippen LogP contribution in [0.4, 0.5) is 5.95 Å². The van der Waals surface area contributed by atoms with Crippen molar-refractivity contribution in [3.8, 4) is 12.0 Å². The first-order valence-corrected chi connectivity index (χ1v) is 5.57. The summed E-state index contributed by atoms with van der Waals surface area (Å²) in [5, 5.41) is 7.09. The lowest BCUT2D eigenvalue weighted by Crippen LogP contribution is -2.11. The van der Waals surface area contributed by atoms with E-state index in [0.29, 0.717) is 25.0 Å². The summed E-state index contributed by atoms with van der Waals surface area (Å²) in [6.45, 7) is 6.59. The minimum atomic E-state index is 0.242. The Morgan fingerprint density at radius 3 is 3.00 bits per heavy atom. The topological polar surface area (TPSA) is 77.8 Å². The van der Waals surface area contributed by atoms with Crippen molar-refractivity contribution < 1.29 is 4.74 Å². The molecule has 0 saturated heterocycles. The molecule has 0 unspecified atom stereocenters. The van der Waals surface area contributed by atoms with E-state index in [1.54, 1.807) is 29.2 Å². The van der Waals surface area contributed by atoms with Gasteiger partial charge in [-0.05, 0) is 13.0 Å². The Hall–Kier alpha value is -2.44. The molecule has 0 amide bonds. The van der Waals surface area contributed by atoms with Gasteiger partial charge in [0.05, 0.1) is 0 Å². The Balaban J connectivity index is 2.33. The van der Waals surface area contributed by atoms with Crippen LogP contribution < -0.4 is 10.1 Å². The molecule has 0 radical (unpaired) electrons. The van der Waals surface area contributed by atoms with E-state index in [-0.39, 0.29) is 6.01 Å². The van der Waals surface area contributed by atoms with Crippen LogP contribution in [-0.4, -0.2) is 37.9 Å². The van der Waals surface area contributed by atoms with Gasteiger partial charge in [-0.1, -0.05) is 12.7 Å². The first kappa shape index (κ1) is 12.0. The van der Waals surface area contributed by atoms with E-state index in [9.17, 15) is 0 Å². The van der Waals surface area contributed by atoms with Gasteiger partial charge in [0.15, 0.2) is 0 Å². The van der Waals surface area contributed by atoms with Gasteiger partial charge in [0.25, 0.3) is 5.95 Å². The molecule has 0 atom stereocenters. The lowest BCUT2D eigenvalue weighted by Gasteiger charge is -2.07. The van der Waals surface area contributed by atoms with Crippen LogP contribution in [0.2, 0.25) is 0 Å². The van der Waals surface area contributed by atoms with Crippen molar-refractivity contribution >= 4 is 5.95 Å². The van der Waals surface area contributed by atoms with Gasteiger partial charge in [-0.25, -0.2) is 4.68 Å². The van der Waals surface area contributed by atoms with E-state index in [1.165, 1.54) is 0 Å². The summed E-state index contributed by atoms with van der Waals surface area (Å²) in [5.74, 6) is 0.863. The Labute approximate surface area is 105 Å². The third-order valence-electron chi connectivity index (χ3n) is 1.98. The van der Waals surface area contributed by atoms with Gasteiger partial charge < -0.3 is 10.1 Å². The minimum Gasteiger partial charge on any atom is -0.459 e. The zero-order valence-corrected chi connectivity index (χ0v) is 10.1. The molecule has 7 heteroatoms. The third kappa shape index (κ3) is 2.82. The fraction of sp³-hybridized carbons (Fsp3) is 0.273. The molecule has 0 aromatic carbocycles. The molecule has 2 aromatic heterocycles. The summed E-state index contributed by atoms with van der Waals surface area (Å²) in [5.41, 5.74) is 0. The van der Waals surface area contributed by atoms with Crippen LogP contribution in [0.1, 0.15) is 6.92 Å². The van der Waals surface area contributed by atoms with Crippen LogP contribution >= 0.6 is 0 Å². The predicted molar refractivity (Wildman–Crippen MR) is 66.8 cm³/mol. The SMILES string of the molecule is C=CCOc1nc(NCC)nc(-n2cccn2)n1. The Morgan fingerprint density at radius 1 is 1.44 bits per heavy atom. The van der Waals surface area contributed by atoms with Gasteiger partial charge in [0, 0.05) is 18.9 Å². The first-order chi connectivity index (χ1) is 8.83. The fourth-order valence-electron chi connectivity index (χ4n) is 1.27. The second-order valence-corrected chi connectivity index (χ2v) is 3.32. The molecule has 2 heterocycles. The third-order valence-corrected chi connectivity index (χ3v) is 1.98. The quantitative estimate of drug-likeness (QED) is 0.768. The molecule has 0 saturated carbocycles. The molecule has 0 spiro atoms. The van der Waals surface area contributed by atoms with Crippen molar-refractivity contribution in [1.82, 2.24) is 24.7 Å². The van der Waals surface area contributed by atoms with E-state index >= 15 is 0 Å². The van der Waals surface area contributed by atoms with Gasteiger partial charge >= 0.3 is 6.01 Å². The Morgan fingerprint density at radius 2 is 2.33 bits per heavy atom. The normalized spacial score (nSPS) is 10.1. The highest BCUT2D eigenvalue weighted by Gasteiger charge is 2.08. The van der Waals surface area contributed by atoms with Gasteiger partial charge in [-0.3, -0.25) is 0 Å². The maximum atomic E-state index is 5.32. The first-order valence-electron chi connectivity index (χ1n) is 5.57. The average molecular weight is 246 g/mol. The molecule has 2 aromatic rings. The maximum absolute atomic E-state index is 5.32. The maximum Gasteiger partial charge on any atom is 0.323 e. The van der Waals surface area contributed by atoms with Crippen LogP contribution in [0, 0.1) is 0 Å². The lowest BCUT2D eigenvalue weighted by atomic mass is 10.7. The smallest absolute Gasteiger partial charge is 0.323 e. The molecule has 94 valence electrons. The molecular formula is C11H14N6O. The number of nitrogens with zero attached hydrogens (tertiary/aromatic N) is 5. The zero-order chi connectivity index (χ0) is 12.8. The molecule has 2 rings (SSSR count). The zero-order valence-electron chi connectivity index (χ0n) is 10.1. The molecule has 0 fully saturated rings. The summed E-state index contributed by atoms with van der Waals surface area (Å²) in [7, 11) is 0. The number of anilines is 1. The van der Waals surface area contributed by atoms with Crippen molar-refractivity contribution in [3.05, 3.63) is 31.1 Å². The van der Waals surface area contributed by atoms with Crippen molar-refractivity contribution in [1.29, 1.82) is 0 Å². The summed E-state index contributed by atoms with van der Waals surface area (Å²) in [6, 6.07) is 2.03. The number of aromatic nitrogens is 5. The van der Waals surface area contributed by atoms with E-state index in [2.05, 4.69) is 31.9 Å². The average Bonchev–Trinajstić information content (AvgIpc) is 2.90. The Kier molecular flexibility index (Phi) is 3.85. The fourth-order valence-corrected chi connectivity index (χ4v) is 1.27. The molecule has 0 bridgehead atoms. The van der Waals surface area contributed by atoms with Gasteiger partial charge in [0.1, 0.15) is 6.61 Å². The summed E-state index contributed by atoms with van der Waals surface area (Å²) in [4.78, 5) is 12.5. The Bertz CT molecular complexity index is 510. The monoisotopic (exact) mass is 246 g/mol. The van der Waals surface area contributed by atoms with Gasteiger partial charge in [-0.2, -0.15) is 20.1 Å². The number of hydrogen-bond donors (Lipinski definition) is 1. The number of nitrogens with one attached hydrogen (secondary N) is 1. The number of ether oxygens (including phenoxy) is 1. The number of rotatable bonds is 6. The largest absolute Gasteiger partial charge is 0.459 e. The highest BCUT2D eigenvalue weighted by atomic mass is 16.5. The van der Waals surface area contributed by atoms with Crippen molar-refractivity contribution in [3.63, 3.8) is 0 Å². The molecule has 7 nitrogen and oxygen atoms in total. The minimum absolute atomic E-state index is 0.242. The second-order valence-electron chi connectivity index (χ2n) is 3.32. The van der Waals surface area contributed by atoms with Crippen LogP contribution in [0.3, 0.4) is 0 Å². The van der Waals surface area contributed by atoms with E-state index in [0.717, 1.165) is 0 Å². The molecule has 0 aliphatic carbocycles. The van der Waals surface area contributed by atoms with Crippen molar-refractivity contribution in [2.24, 2.45) is 0 Å². The molecule has 0 aliphatic heterocycles. The van der Waals surface area contributed by atoms with Gasteiger partial charge in [0.2, 0.25) is 5.95 Å². The lowest BCUT2D eigenvalue weighted by molar-refractivity contribution is 0.331. The molecular weight excluding hydrogens is 232 g/mol. The van der Waals surface area contributed by atoms with Crippen LogP contribution in [-0.2, 0) is 0 Å². The molecule has 1 N–H and O–H groups in total. The highest BCUT2D eigenvalue weighted by molar-refractivity contribution is 5.29. The standard InChI is InChI=1S/C11H14N6O/c1-3-8-18-11-15-9(12-4-2)14-10(16-11)17-7-5-6-13-17/h3,5-7H,1,4,8H2,2H3,(H,12,14,15,16). The summed E-state index contributed by atoms with van der Waals surface area (Å²) >= 11 is 0. The number of hydrogen-bond acceptors (Lipinski definition) is 6. The van der Waals surface area contributed by atoms with E-state index < -0.39 is 0 Å². The van der Waals surface area contributed by atoms with Gasteiger partial charge in [-0.15, -0.1) is 0 Å². The van der Waals surface area contributed by atoms with Crippen LogP contribution in [0.15, 0.2) is 31.1 Å². The van der Waals surface area contributed by atoms with E-state index in [1.807, 2.05) is 6.92 Å². The molecule has 0 aliphatic rings. The van der Waals surface area contributed by atoms with E-state index in [4.69, 9.17) is 4.74 Å². The van der Waals surface area contributed by atoms with Crippen LogP contribution in [0.25, 0.3) is 5.95 Å². The van der Waals surface area contributed by atoms with Crippen molar-refractivity contribution in [2.45, 2.75) is 6.92 Å². The summed E-state index contributed by atoms with van der Waals surface area (Å²) < 4.78 is 6.86. The molecule has 18 heavy (non-hydrogen) atoms. The van der Waals surface area contributed by atoms with Crippen LogP contribution in [0.5, 0.6) is 6.01 Å². The predicted octanol–water partition coefficient (Wildman–Crippen LogP) is 1.05.